The van der Waals surface area contributed by atoms with Gasteiger partial charge in [-0.2, -0.15) is 0 Å². The summed E-state index contributed by atoms with van der Waals surface area (Å²) in [5, 5.41) is 3.68. The summed E-state index contributed by atoms with van der Waals surface area (Å²) in [5.41, 5.74) is 0.592. The molecule has 2 rings (SSSR count). The number of hydrogen-bond donors (Lipinski definition) is 1. The quantitative estimate of drug-likeness (QED) is 0.673. The highest BCUT2D eigenvalue weighted by Crippen LogP contribution is 2.48. The van der Waals surface area contributed by atoms with Crippen molar-refractivity contribution in [3.63, 3.8) is 0 Å². The minimum atomic E-state index is 0.592. The van der Waals surface area contributed by atoms with Gasteiger partial charge in [0.2, 0.25) is 0 Å². The van der Waals surface area contributed by atoms with Crippen LogP contribution in [0.1, 0.15) is 44.9 Å². The standard InChI is InChI=1S/C15H30N2O/c1-17-11-4-3-5-14(17)6-10-16-13-15(7-8-15)9-12-18-2/h14,16H,3-13H2,1-2H3. The minimum Gasteiger partial charge on any atom is -0.385 e. The number of nitrogens with zero attached hydrogens (tertiary/aromatic N) is 1. The third kappa shape index (κ3) is 4.22. The summed E-state index contributed by atoms with van der Waals surface area (Å²) in [6.45, 7) is 4.60. The normalized spacial score (nSPS) is 27.3. The number of hydrogen-bond acceptors (Lipinski definition) is 3. The van der Waals surface area contributed by atoms with E-state index in [1.165, 1.54) is 64.6 Å². The fourth-order valence-corrected chi connectivity index (χ4v) is 3.14. The van der Waals surface area contributed by atoms with Crippen LogP contribution in [0.25, 0.3) is 0 Å². The van der Waals surface area contributed by atoms with Gasteiger partial charge in [0, 0.05) is 26.3 Å². The van der Waals surface area contributed by atoms with Gasteiger partial charge in [-0.15, -0.1) is 0 Å². The topological polar surface area (TPSA) is 24.5 Å². The van der Waals surface area contributed by atoms with Crippen molar-refractivity contribution in [2.24, 2.45) is 5.41 Å². The first-order chi connectivity index (χ1) is 8.76. The van der Waals surface area contributed by atoms with Crippen molar-refractivity contribution in [2.75, 3.05) is 40.4 Å². The molecule has 106 valence electrons. The van der Waals surface area contributed by atoms with Crippen LogP contribution >= 0.6 is 0 Å². The number of rotatable bonds is 8. The highest BCUT2D eigenvalue weighted by molar-refractivity contribution is 4.94. The Morgan fingerprint density at radius 1 is 1.33 bits per heavy atom. The summed E-state index contributed by atoms with van der Waals surface area (Å²) in [6, 6.07) is 0.820. The summed E-state index contributed by atoms with van der Waals surface area (Å²) < 4.78 is 5.20. The summed E-state index contributed by atoms with van der Waals surface area (Å²) >= 11 is 0. The van der Waals surface area contributed by atoms with Gasteiger partial charge in [-0.05, 0) is 64.1 Å². The number of ether oxygens (including phenoxy) is 1. The zero-order valence-corrected chi connectivity index (χ0v) is 12.2. The van der Waals surface area contributed by atoms with Gasteiger partial charge < -0.3 is 15.0 Å². The molecule has 1 aliphatic heterocycles. The largest absolute Gasteiger partial charge is 0.385 e. The Kier molecular flexibility index (Phi) is 5.46. The van der Waals surface area contributed by atoms with Crippen LogP contribution in [-0.2, 0) is 4.74 Å². The third-order valence-electron chi connectivity index (χ3n) is 4.87. The smallest absolute Gasteiger partial charge is 0.0468 e. The lowest BCUT2D eigenvalue weighted by Gasteiger charge is -2.32. The number of methoxy groups -OCH3 is 1. The van der Waals surface area contributed by atoms with Gasteiger partial charge in [0.15, 0.2) is 0 Å². The molecule has 1 atom stereocenters. The fourth-order valence-electron chi connectivity index (χ4n) is 3.14. The Morgan fingerprint density at radius 3 is 2.83 bits per heavy atom. The Morgan fingerprint density at radius 2 is 2.17 bits per heavy atom. The zero-order chi connectivity index (χ0) is 12.8. The maximum atomic E-state index is 5.20. The van der Waals surface area contributed by atoms with Gasteiger partial charge >= 0.3 is 0 Å². The molecule has 1 aliphatic carbocycles. The highest BCUT2D eigenvalue weighted by Gasteiger charge is 2.41. The van der Waals surface area contributed by atoms with Crippen LogP contribution in [0.2, 0.25) is 0 Å². The molecule has 3 heteroatoms. The second kappa shape index (κ2) is 6.88. The lowest BCUT2D eigenvalue weighted by molar-refractivity contribution is 0.166. The van der Waals surface area contributed by atoms with E-state index in [1.54, 1.807) is 0 Å². The van der Waals surface area contributed by atoms with E-state index in [-0.39, 0.29) is 0 Å². The number of likely N-dealkylation sites (tertiary alicyclic amines) is 1. The van der Waals surface area contributed by atoms with Crippen LogP contribution in [-0.4, -0.2) is 51.3 Å². The van der Waals surface area contributed by atoms with Gasteiger partial charge in [-0.1, -0.05) is 6.42 Å². The van der Waals surface area contributed by atoms with Crippen molar-refractivity contribution in [1.29, 1.82) is 0 Å². The molecule has 18 heavy (non-hydrogen) atoms. The SMILES string of the molecule is COCCC1(CNCCC2CCCCN2C)CC1. The molecule has 2 fully saturated rings. The van der Waals surface area contributed by atoms with Gasteiger partial charge in [-0.3, -0.25) is 0 Å². The monoisotopic (exact) mass is 254 g/mol. The Bertz CT molecular complexity index is 241. The second-order valence-electron chi connectivity index (χ2n) is 6.34. The first-order valence-electron chi connectivity index (χ1n) is 7.66. The van der Waals surface area contributed by atoms with E-state index >= 15 is 0 Å². The maximum absolute atomic E-state index is 5.20. The summed E-state index contributed by atoms with van der Waals surface area (Å²) in [7, 11) is 4.09. The molecule has 1 unspecified atom stereocenters. The molecule has 0 spiro atoms. The van der Waals surface area contributed by atoms with Crippen molar-refractivity contribution < 1.29 is 4.74 Å². The van der Waals surface area contributed by atoms with E-state index in [4.69, 9.17) is 4.74 Å². The van der Waals surface area contributed by atoms with Crippen molar-refractivity contribution in [3.8, 4) is 0 Å². The van der Waals surface area contributed by atoms with Gasteiger partial charge in [-0.25, -0.2) is 0 Å². The van der Waals surface area contributed by atoms with Crippen molar-refractivity contribution >= 4 is 0 Å². The predicted molar refractivity (Wildman–Crippen MR) is 75.9 cm³/mol. The lowest BCUT2D eigenvalue weighted by atomic mass is 9.99. The Hall–Kier alpha value is -0.120. The molecule has 0 amide bonds. The van der Waals surface area contributed by atoms with Gasteiger partial charge in [0.1, 0.15) is 0 Å². The number of piperidine rings is 1. The molecule has 1 saturated carbocycles. The first-order valence-corrected chi connectivity index (χ1v) is 7.66. The fraction of sp³-hybridized carbons (Fsp3) is 1.00. The van der Waals surface area contributed by atoms with E-state index in [2.05, 4.69) is 17.3 Å². The molecule has 1 N–H and O–H groups in total. The summed E-state index contributed by atoms with van der Waals surface area (Å²) in [4.78, 5) is 2.54. The average Bonchev–Trinajstić information content (AvgIpc) is 3.15. The Labute approximate surface area is 112 Å². The van der Waals surface area contributed by atoms with Gasteiger partial charge in [0.05, 0.1) is 0 Å². The predicted octanol–water partition coefficient (Wildman–Crippen LogP) is 2.27. The molecule has 2 aliphatic rings. The van der Waals surface area contributed by atoms with E-state index in [9.17, 15) is 0 Å². The molecule has 1 saturated heterocycles. The van der Waals surface area contributed by atoms with Crippen LogP contribution < -0.4 is 5.32 Å². The third-order valence-corrected chi connectivity index (χ3v) is 4.87. The van der Waals surface area contributed by atoms with Crippen LogP contribution in [0, 0.1) is 5.41 Å². The molecule has 0 radical (unpaired) electrons. The summed E-state index contributed by atoms with van der Waals surface area (Å²) in [6.07, 6.45) is 9.55. The molecule has 3 nitrogen and oxygen atoms in total. The molecule has 1 heterocycles. The van der Waals surface area contributed by atoms with E-state index in [0.29, 0.717) is 5.41 Å². The van der Waals surface area contributed by atoms with Crippen LogP contribution in [0.3, 0.4) is 0 Å². The average molecular weight is 254 g/mol. The maximum Gasteiger partial charge on any atom is 0.0468 e. The summed E-state index contributed by atoms with van der Waals surface area (Å²) in [5.74, 6) is 0. The lowest BCUT2D eigenvalue weighted by Crippen LogP contribution is -2.38. The minimum absolute atomic E-state index is 0.592. The van der Waals surface area contributed by atoms with Gasteiger partial charge in [0.25, 0.3) is 0 Å². The van der Waals surface area contributed by atoms with E-state index in [0.717, 1.165) is 12.6 Å². The molecule has 0 aromatic heterocycles. The van der Waals surface area contributed by atoms with Crippen molar-refractivity contribution in [3.05, 3.63) is 0 Å². The molecular formula is C15H30N2O. The van der Waals surface area contributed by atoms with Crippen molar-refractivity contribution in [2.45, 2.75) is 51.0 Å². The number of nitrogens with one attached hydrogen (secondary N) is 1. The van der Waals surface area contributed by atoms with Crippen molar-refractivity contribution in [1.82, 2.24) is 10.2 Å². The van der Waals surface area contributed by atoms with Crippen LogP contribution in [0.15, 0.2) is 0 Å². The van der Waals surface area contributed by atoms with E-state index in [1.807, 2.05) is 7.11 Å². The molecule has 0 aromatic carbocycles. The highest BCUT2D eigenvalue weighted by atomic mass is 16.5. The Balaban J connectivity index is 1.55. The zero-order valence-electron chi connectivity index (χ0n) is 12.2. The molecule has 0 bridgehead atoms. The van der Waals surface area contributed by atoms with Crippen LogP contribution in [0.5, 0.6) is 0 Å². The molecular weight excluding hydrogens is 224 g/mol. The van der Waals surface area contributed by atoms with Crippen LogP contribution in [0.4, 0.5) is 0 Å². The first kappa shape index (κ1) is 14.3. The van der Waals surface area contributed by atoms with E-state index < -0.39 is 0 Å². The second-order valence-corrected chi connectivity index (χ2v) is 6.34. The molecule has 0 aromatic rings.